The lowest BCUT2D eigenvalue weighted by Crippen LogP contribution is -2.54. The minimum Gasteiger partial charge on any atom is -0.463 e. The molecule has 0 aromatic heterocycles. The van der Waals surface area contributed by atoms with E-state index in [4.69, 9.17) is 27.9 Å². The normalized spacial score (nSPS) is 29.4. The van der Waals surface area contributed by atoms with Gasteiger partial charge >= 0.3 is 11.9 Å². The lowest BCUT2D eigenvalue weighted by molar-refractivity contribution is -0.255. The van der Waals surface area contributed by atoms with Crippen molar-refractivity contribution in [1.82, 2.24) is 0 Å². The smallest absolute Gasteiger partial charge is 0.303 e. The van der Waals surface area contributed by atoms with Crippen LogP contribution in [0.15, 0.2) is 29.2 Å². The van der Waals surface area contributed by atoms with Gasteiger partial charge in [0.25, 0.3) is 10.1 Å². The Morgan fingerprint density at radius 3 is 2.23 bits per heavy atom. The number of ether oxygens (including phenoxy) is 5. The number of benzene rings is 1. The fourth-order valence-corrected chi connectivity index (χ4v) is 4.41. The third-order valence-electron chi connectivity index (χ3n) is 4.84. The summed E-state index contributed by atoms with van der Waals surface area (Å²) in [6, 6.07) is 6.08. The van der Waals surface area contributed by atoms with E-state index in [9.17, 15) is 18.0 Å². The van der Waals surface area contributed by atoms with Crippen molar-refractivity contribution in [3.8, 4) is 0 Å². The molecule has 31 heavy (non-hydrogen) atoms. The Hall–Kier alpha value is -2.05. The number of esters is 2. The summed E-state index contributed by atoms with van der Waals surface area (Å²) >= 11 is 0. The molecule has 0 N–H and O–H groups in total. The van der Waals surface area contributed by atoms with Crippen molar-refractivity contribution in [3.63, 3.8) is 0 Å². The second-order valence-electron chi connectivity index (χ2n) is 7.99. The molecule has 172 valence electrons. The molecular weight excluding hydrogens is 432 g/mol. The van der Waals surface area contributed by atoms with E-state index in [2.05, 4.69) is 0 Å². The predicted molar refractivity (Wildman–Crippen MR) is 104 cm³/mol. The molecule has 0 radical (unpaired) electrons. The van der Waals surface area contributed by atoms with E-state index in [-0.39, 0.29) is 4.90 Å². The van der Waals surface area contributed by atoms with Crippen LogP contribution in [0.4, 0.5) is 0 Å². The van der Waals surface area contributed by atoms with Crippen LogP contribution in [0.25, 0.3) is 0 Å². The van der Waals surface area contributed by atoms with Gasteiger partial charge in [0.15, 0.2) is 29.9 Å². The largest absolute Gasteiger partial charge is 0.463 e. The maximum absolute atomic E-state index is 12.7. The van der Waals surface area contributed by atoms with Crippen LogP contribution in [0, 0.1) is 6.92 Å². The number of carbonyl (C=O) groups excluding carboxylic acids is 2. The van der Waals surface area contributed by atoms with Crippen LogP contribution in [-0.4, -0.2) is 63.5 Å². The van der Waals surface area contributed by atoms with Gasteiger partial charge in [-0.15, -0.1) is 0 Å². The van der Waals surface area contributed by atoms with Gasteiger partial charge in [0.05, 0.1) is 4.90 Å². The molecule has 0 unspecified atom stereocenters. The molecule has 1 aromatic rings. The molecule has 1 aromatic carbocycles. The molecular formula is C20H26O10S. The maximum atomic E-state index is 12.7. The van der Waals surface area contributed by atoms with Crippen LogP contribution >= 0.6 is 0 Å². The van der Waals surface area contributed by atoms with Gasteiger partial charge in [0.2, 0.25) is 0 Å². The van der Waals surface area contributed by atoms with Gasteiger partial charge in [-0.05, 0) is 32.9 Å². The average Bonchev–Trinajstić information content (AvgIpc) is 3.09. The molecule has 2 heterocycles. The molecule has 2 aliphatic heterocycles. The summed E-state index contributed by atoms with van der Waals surface area (Å²) in [6.07, 6.45) is -3.01. The molecule has 0 bridgehead atoms. The van der Waals surface area contributed by atoms with E-state index >= 15 is 0 Å². The second-order valence-corrected chi connectivity index (χ2v) is 9.61. The summed E-state index contributed by atoms with van der Waals surface area (Å²) in [5.74, 6) is -2.31. The first kappa shape index (κ1) is 23.6. The first-order chi connectivity index (χ1) is 14.3. The molecule has 2 fully saturated rings. The quantitative estimate of drug-likeness (QED) is 0.438. The zero-order valence-electron chi connectivity index (χ0n) is 17.9. The Balaban J connectivity index is 1.90. The van der Waals surface area contributed by atoms with Gasteiger partial charge in [-0.3, -0.25) is 13.8 Å². The van der Waals surface area contributed by atoms with Gasteiger partial charge in [0, 0.05) is 13.8 Å². The van der Waals surface area contributed by atoms with Crippen LogP contribution in [0.2, 0.25) is 0 Å². The topological polar surface area (TPSA) is 124 Å². The molecule has 10 nitrogen and oxygen atoms in total. The van der Waals surface area contributed by atoms with Gasteiger partial charge in [0.1, 0.15) is 13.2 Å². The SMILES string of the molecule is CC(=O)OC[C@@]1(COS(=O)(=O)c2ccc(C)cc2)O[C@@H]2OC(C)(C)O[C@@H]2[C@H]1OC(C)=O. The number of hydrogen-bond donors (Lipinski definition) is 0. The number of fused-ring (bicyclic) bond motifs is 1. The summed E-state index contributed by atoms with van der Waals surface area (Å²) in [7, 11) is -4.18. The van der Waals surface area contributed by atoms with Crippen molar-refractivity contribution in [2.24, 2.45) is 0 Å². The average molecular weight is 458 g/mol. The van der Waals surface area contributed by atoms with Crippen molar-refractivity contribution < 1.29 is 45.9 Å². The Bertz CT molecular complexity index is 939. The Labute approximate surface area is 180 Å². The first-order valence-corrected chi connectivity index (χ1v) is 11.0. The molecule has 0 aliphatic carbocycles. The lowest BCUT2D eigenvalue weighted by Gasteiger charge is -2.35. The number of aryl methyl sites for hydroxylation is 1. The van der Waals surface area contributed by atoms with Crippen LogP contribution in [-0.2, 0) is 47.6 Å². The van der Waals surface area contributed by atoms with Crippen molar-refractivity contribution in [3.05, 3.63) is 29.8 Å². The molecule has 11 heteroatoms. The lowest BCUT2D eigenvalue weighted by atomic mass is 9.96. The molecule has 2 saturated heterocycles. The standard InChI is InChI=1S/C20H26O10S/c1-12-6-8-15(9-7-12)31(23,24)26-11-20(10-25-13(2)21)17(27-14(3)22)16-18(30-20)29-19(4,5)28-16/h6-9,16-18H,10-11H2,1-5H3/t16-,17-,18+,20+/m1/s1. The third kappa shape index (κ3) is 5.24. The van der Waals surface area contributed by atoms with Crippen LogP contribution in [0.3, 0.4) is 0 Å². The Morgan fingerprint density at radius 2 is 1.65 bits per heavy atom. The monoisotopic (exact) mass is 458 g/mol. The maximum Gasteiger partial charge on any atom is 0.303 e. The van der Waals surface area contributed by atoms with Crippen molar-refractivity contribution in [2.75, 3.05) is 13.2 Å². The number of carbonyl (C=O) groups is 2. The van der Waals surface area contributed by atoms with E-state index in [1.165, 1.54) is 26.0 Å². The van der Waals surface area contributed by atoms with Crippen molar-refractivity contribution in [2.45, 2.75) is 69.4 Å². The molecule has 0 spiro atoms. The highest BCUT2D eigenvalue weighted by Gasteiger charge is 2.64. The van der Waals surface area contributed by atoms with Gasteiger partial charge in [-0.1, -0.05) is 17.7 Å². The van der Waals surface area contributed by atoms with Crippen LogP contribution in [0.1, 0.15) is 33.3 Å². The summed E-state index contributed by atoms with van der Waals surface area (Å²) in [5.41, 5.74) is -0.787. The zero-order valence-corrected chi connectivity index (χ0v) is 18.8. The highest BCUT2D eigenvalue weighted by atomic mass is 32.2. The van der Waals surface area contributed by atoms with Gasteiger partial charge in [-0.2, -0.15) is 8.42 Å². The molecule has 2 aliphatic rings. The van der Waals surface area contributed by atoms with Gasteiger partial charge < -0.3 is 23.7 Å². The fourth-order valence-electron chi connectivity index (χ4n) is 3.45. The predicted octanol–water partition coefficient (Wildman–Crippen LogP) is 1.44. The number of rotatable bonds is 7. The minimum absolute atomic E-state index is 0.0587. The van der Waals surface area contributed by atoms with E-state index < -0.39 is 65.2 Å². The Kier molecular flexibility index (Phi) is 6.45. The van der Waals surface area contributed by atoms with E-state index in [0.29, 0.717) is 0 Å². The minimum atomic E-state index is -4.18. The van der Waals surface area contributed by atoms with E-state index in [1.807, 2.05) is 6.92 Å². The van der Waals surface area contributed by atoms with E-state index in [0.717, 1.165) is 5.56 Å². The number of hydrogen-bond acceptors (Lipinski definition) is 10. The van der Waals surface area contributed by atoms with E-state index in [1.54, 1.807) is 26.0 Å². The summed E-state index contributed by atoms with van der Waals surface area (Å²) in [5, 5.41) is 0. The molecule has 4 atom stereocenters. The molecule has 3 rings (SSSR count). The highest BCUT2D eigenvalue weighted by Crippen LogP contribution is 2.44. The van der Waals surface area contributed by atoms with Crippen molar-refractivity contribution in [1.29, 1.82) is 0 Å². The summed E-state index contributed by atoms with van der Waals surface area (Å²) < 4.78 is 58.6. The van der Waals surface area contributed by atoms with Crippen LogP contribution < -0.4 is 0 Å². The second kappa shape index (κ2) is 8.47. The fraction of sp³-hybridized carbons (Fsp3) is 0.600. The summed E-state index contributed by atoms with van der Waals surface area (Å²) in [4.78, 5) is 23.2. The third-order valence-corrected chi connectivity index (χ3v) is 6.11. The van der Waals surface area contributed by atoms with Crippen molar-refractivity contribution >= 4 is 22.1 Å². The first-order valence-electron chi connectivity index (χ1n) is 9.64. The van der Waals surface area contributed by atoms with Gasteiger partial charge in [-0.25, -0.2) is 0 Å². The molecule has 0 amide bonds. The zero-order chi connectivity index (χ0) is 23.0. The summed E-state index contributed by atoms with van der Waals surface area (Å²) in [6.45, 7) is 6.47. The highest BCUT2D eigenvalue weighted by molar-refractivity contribution is 7.86. The Morgan fingerprint density at radius 1 is 1.00 bits per heavy atom. The molecule has 0 saturated carbocycles. The van der Waals surface area contributed by atoms with Crippen LogP contribution in [0.5, 0.6) is 0 Å².